The molecule has 184 valence electrons. The molecule has 35 heavy (non-hydrogen) atoms. The van der Waals surface area contributed by atoms with Crippen LogP contribution in [0.1, 0.15) is 43.7 Å². The number of aromatic nitrogens is 4. The first-order chi connectivity index (χ1) is 16.7. The number of rotatable bonds is 7. The van der Waals surface area contributed by atoms with Gasteiger partial charge in [0.1, 0.15) is 5.82 Å². The number of hydrogen-bond acceptors (Lipinski definition) is 9. The van der Waals surface area contributed by atoms with E-state index in [1.165, 1.54) is 16.8 Å². The molecule has 0 atom stereocenters. The van der Waals surface area contributed by atoms with Gasteiger partial charge >= 0.3 is 0 Å². The maximum atomic E-state index is 11.7. The number of anilines is 2. The van der Waals surface area contributed by atoms with Gasteiger partial charge in [-0.1, -0.05) is 13.8 Å². The van der Waals surface area contributed by atoms with Crippen molar-refractivity contribution in [2.24, 2.45) is 10.7 Å². The number of aliphatic imine (C=N–C) groups is 1. The van der Waals surface area contributed by atoms with Gasteiger partial charge in [0.15, 0.2) is 5.82 Å². The average Bonchev–Trinajstić information content (AvgIpc) is 2.84. The van der Waals surface area contributed by atoms with Crippen molar-refractivity contribution in [2.75, 3.05) is 24.7 Å². The molecule has 0 saturated carbocycles. The molecule has 1 aliphatic rings. The van der Waals surface area contributed by atoms with Crippen LogP contribution in [-0.4, -0.2) is 64.5 Å². The molecule has 3 N–H and O–H groups in total. The Labute approximate surface area is 205 Å². The first-order valence-electron chi connectivity index (χ1n) is 11.5. The van der Waals surface area contributed by atoms with Crippen LogP contribution < -0.4 is 11.1 Å². The predicted octanol–water partition coefficient (Wildman–Crippen LogP) is 3.08. The second-order valence-electron chi connectivity index (χ2n) is 8.91. The van der Waals surface area contributed by atoms with Crippen molar-refractivity contribution in [1.29, 1.82) is 0 Å². The van der Waals surface area contributed by atoms with Gasteiger partial charge in [0.05, 0.1) is 29.5 Å². The van der Waals surface area contributed by atoms with Crippen LogP contribution in [0.15, 0.2) is 47.9 Å². The molecule has 3 aromatic rings. The second kappa shape index (κ2) is 10.4. The van der Waals surface area contributed by atoms with Gasteiger partial charge < -0.3 is 11.1 Å². The maximum absolute atomic E-state index is 11.7. The number of fused-ring (bicyclic) bond motifs is 1. The number of allylic oxidation sites excluding steroid dienone is 1. The Balaban J connectivity index is 1.50. The smallest absolute Gasteiger partial charge is 0.211 e. The third-order valence-electron chi connectivity index (χ3n) is 5.97. The number of hydrogen-bond donors (Lipinski definition) is 2. The van der Waals surface area contributed by atoms with Gasteiger partial charge in [-0.05, 0) is 48.6 Å². The highest BCUT2D eigenvalue weighted by Gasteiger charge is 2.24. The number of nitrogens with two attached hydrogens (primary N) is 1. The van der Waals surface area contributed by atoms with E-state index < -0.39 is 10.0 Å². The van der Waals surface area contributed by atoms with Gasteiger partial charge in [-0.25, -0.2) is 17.7 Å². The average molecular weight is 495 g/mol. The van der Waals surface area contributed by atoms with Crippen LogP contribution >= 0.6 is 0 Å². The summed E-state index contributed by atoms with van der Waals surface area (Å²) in [6.45, 7) is 5.16. The fraction of sp³-hybridized carbons (Fsp3) is 0.375. The highest BCUT2D eigenvalue weighted by atomic mass is 32.2. The third kappa shape index (κ3) is 6.17. The van der Waals surface area contributed by atoms with Crippen LogP contribution in [0.25, 0.3) is 16.6 Å². The SMILES string of the molecule is CC(C)c1cnnc(Nc2ccc3ncc(C(C=NC4CCN(S(C)(=O)=O)CC4)=CN)cc3n2)c1. The van der Waals surface area contributed by atoms with Gasteiger partial charge in [-0.3, -0.25) is 9.98 Å². The van der Waals surface area contributed by atoms with Crippen molar-refractivity contribution in [3.05, 3.63) is 54.0 Å². The molecule has 0 amide bonds. The van der Waals surface area contributed by atoms with E-state index in [-0.39, 0.29) is 6.04 Å². The molecule has 0 spiro atoms. The third-order valence-corrected chi connectivity index (χ3v) is 7.27. The summed E-state index contributed by atoms with van der Waals surface area (Å²) in [4.78, 5) is 13.9. The number of sulfonamides is 1. The molecule has 0 bridgehead atoms. The molecule has 0 unspecified atom stereocenters. The Morgan fingerprint density at radius 2 is 1.94 bits per heavy atom. The molecule has 3 aromatic heterocycles. The van der Waals surface area contributed by atoms with E-state index in [0.717, 1.165) is 22.2 Å². The molecular formula is C24H30N8O2S. The zero-order chi connectivity index (χ0) is 25.0. The minimum atomic E-state index is -3.16. The van der Waals surface area contributed by atoms with Crippen molar-refractivity contribution in [1.82, 2.24) is 24.5 Å². The summed E-state index contributed by atoms with van der Waals surface area (Å²) in [7, 11) is -3.16. The van der Waals surface area contributed by atoms with E-state index in [0.29, 0.717) is 49.0 Å². The Kier molecular flexibility index (Phi) is 7.37. The fourth-order valence-electron chi connectivity index (χ4n) is 3.85. The summed E-state index contributed by atoms with van der Waals surface area (Å²) < 4.78 is 24.9. The molecule has 0 radical (unpaired) electrons. The van der Waals surface area contributed by atoms with E-state index in [4.69, 9.17) is 5.73 Å². The lowest BCUT2D eigenvalue weighted by Crippen LogP contribution is -2.38. The van der Waals surface area contributed by atoms with Crippen LogP contribution in [0.3, 0.4) is 0 Å². The zero-order valence-electron chi connectivity index (χ0n) is 20.1. The minimum absolute atomic E-state index is 0.0491. The Hall–Kier alpha value is -3.44. The van der Waals surface area contributed by atoms with Crippen molar-refractivity contribution in [2.45, 2.75) is 38.6 Å². The van der Waals surface area contributed by atoms with E-state index >= 15 is 0 Å². The second-order valence-corrected chi connectivity index (χ2v) is 10.9. The quantitative estimate of drug-likeness (QED) is 0.478. The summed E-state index contributed by atoms with van der Waals surface area (Å²) in [5, 5.41) is 11.4. The molecule has 4 rings (SSSR count). The summed E-state index contributed by atoms with van der Waals surface area (Å²) in [5.41, 5.74) is 9.96. The zero-order valence-corrected chi connectivity index (χ0v) is 20.9. The lowest BCUT2D eigenvalue weighted by molar-refractivity contribution is 0.323. The van der Waals surface area contributed by atoms with Crippen LogP contribution in [-0.2, 0) is 10.0 Å². The first-order valence-corrected chi connectivity index (χ1v) is 13.3. The van der Waals surface area contributed by atoms with E-state index in [1.807, 2.05) is 24.3 Å². The van der Waals surface area contributed by atoms with Gasteiger partial charge in [-0.2, -0.15) is 5.10 Å². The van der Waals surface area contributed by atoms with Crippen LogP contribution in [0, 0.1) is 0 Å². The molecule has 4 heterocycles. The monoisotopic (exact) mass is 494 g/mol. The molecule has 10 nitrogen and oxygen atoms in total. The molecule has 1 saturated heterocycles. The summed E-state index contributed by atoms with van der Waals surface area (Å²) in [6, 6.07) is 7.67. The lowest BCUT2D eigenvalue weighted by Gasteiger charge is -2.28. The van der Waals surface area contributed by atoms with Crippen LogP contribution in [0.4, 0.5) is 11.6 Å². The molecule has 1 fully saturated rings. The topological polar surface area (TPSA) is 139 Å². The Morgan fingerprint density at radius 1 is 1.17 bits per heavy atom. The summed E-state index contributed by atoms with van der Waals surface area (Å²) in [5.74, 6) is 1.61. The standard InChI is InChI=1S/C24H30N8O2S/c1-16(2)17-11-24(31-28-15-17)30-23-5-4-21-22(29-23)10-18(13-27-21)19(12-25)14-26-20-6-8-32(9-7-20)35(3,33)34/h4-5,10-16,20H,6-9,25H2,1-3H3,(H,29,30,31). The number of nitrogens with one attached hydrogen (secondary N) is 1. The van der Waals surface area contributed by atoms with Gasteiger partial charge in [0, 0.05) is 42.8 Å². The van der Waals surface area contributed by atoms with Crippen LogP contribution in [0.2, 0.25) is 0 Å². The highest BCUT2D eigenvalue weighted by molar-refractivity contribution is 7.88. The Bertz CT molecular complexity index is 1360. The van der Waals surface area contributed by atoms with Crippen molar-refractivity contribution in [3.8, 4) is 0 Å². The predicted molar refractivity (Wildman–Crippen MR) is 139 cm³/mol. The Morgan fingerprint density at radius 3 is 2.63 bits per heavy atom. The van der Waals surface area contributed by atoms with Crippen molar-refractivity contribution in [3.63, 3.8) is 0 Å². The van der Waals surface area contributed by atoms with E-state index in [1.54, 1.807) is 18.6 Å². The maximum Gasteiger partial charge on any atom is 0.211 e. The largest absolute Gasteiger partial charge is 0.404 e. The molecular weight excluding hydrogens is 464 g/mol. The molecule has 0 aliphatic carbocycles. The lowest BCUT2D eigenvalue weighted by atomic mass is 10.1. The molecule has 1 aliphatic heterocycles. The highest BCUT2D eigenvalue weighted by Crippen LogP contribution is 2.22. The van der Waals surface area contributed by atoms with Gasteiger partial charge in [0.2, 0.25) is 10.0 Å². The first kappa shape index (κ1) is 24.7. The van der Waals surface area contributed by atoms with E-state index in [9.17, 15) is 8.42 Å². The summed E-state index contributed by atoms with van der Waals surface area (Å²) in [6.07, 6.45) is 9.32. The normalized spacial score (nSPS) is 16.4. The fourth-order valence-corrected chi connectivity index (χ4v) is 4.72. The molecule has 11 heteroatoms. The van der Waals surface area contributed by atoms with Gasteiger partial charge in [0.25, 0.3) is 0 Å². The van der Waals surface area contributed by atoms with Gasteiger partial charge in [-0.15, -0.1) is 5.10 Å². The van der Waals surface area contributed by atoms with Crippen molar-refractivity contribution < 1.29 is 8.42 Å². The minimum Gasteiger partial charge on any atom is -0.404 e. The number of nitrogens with zero attached hydrogens (tertiary/aromatic N) is 6. The van der Waals surface area contributed by atoms with Crippen LogP contribution in [0.5, 0.6) is 0 Å². The summed E-state index contributed by atoms with van der Waals surface area (Å²) >= 11 is 0. The van der Waals surface area contributed by atoms with E-state index in [2.05, 4.69) is 44.3 Å². The molecule has 0 aromatic carbocycles. The number of pyridine rings is 2. The van der Waals surface area contributed by atoms with Crippen molar-refractivity contribution >= 4 is 44.5 Å². The number of piperidine rings is 1.